The van der Waals surface area contributed by atoms with Crippen LogP contribution in [0.3, 0.4) is 0 Å². The zero-order valence-electron chi connectivity index (χ0n) is 9.91. The van der Waals surface area contributed by atoms with Crippen LogP contribution in [-0.2, 0) is 0 Å². The van der Waals surface area contributed by atoms with Crippen molar-refractivity contribution in [2.75, 3.05) is 26.2 Å². The average molecular weight is 208 g/mol. The molecule has 0 amide bonds. The second kappa shape index (κ2) is 6.87. The molecule has 15 heavy (non-hydrogen) atoms. The normalized spacial score (nSPS) is 17.7. The minimum atomic E-state index is 0.671. The molecule has 0 saturated heterocycles. The van der Waals surface area contributed by atoms with Crippen LogP contribution in [0, 0.1) is 24.2 Å². The molecule has 0 radical (unpaired) electrons. The van der Waals surface area contributed by atoms with Gasteiger partial charge >= 0.3 is 0 Å². The van der Waals surface area contributed by atoms with Gasteiger partial charge in [-0.05, 0) is 44.2 Å². The second-order valence-electron chi connectivity index (χ2n) is 4.68. The predicted molar refractivity (Wildman–Crippen MR) is 65.4 cm³/mol. The van der Waals surface area contributed by atoms with Crippen LogP contribution in [-0.4, -0.2) is 31.1 Å². The van der Waals surface area contributed by atoms with Crippen molar-refractivity contribution in [2.45, 2.75) is 32.6 Å². The van der Waals surface area contributed by atoms with E-state index in [1.54, 1.807) is 0 Å². The van der Waals surface area contributed by atoms with Crippen LogP contribution >= 0.6 is 0 Å². The van der Waals surface area contributed by atoms with Crippen molar-refractivity contribution in [3.63, 3.8) is 0 Å². The Kier molecular flexibility index (Phi) is 5.75. The maximum atomic E-state index is 5.70. The first-order valence-corrected chi connectivity index (χ1v) is 6.16. The third kappa shape index (κ3) is 5.20. The van der Waals surface area contributed by atoms with Gasteiger partial charge in [0.15, 0.2) is 0 Å². The van der Waals surface area contributed by atoms with Crippen LogP contribution < -0.4 is 5.73 Å². The molecule has 0 bridgehead atoms. The minimum Gasteiger partial charge on any atom is -0.330 e. The van der Waals surface area contributed by atoms with Gasteiger partial charge in [0.1, 0.15) is 0 Å². The zero-order valence-corrected chi connectivity index (χ0v) is 9.91. The van der Waals surface area contributed by atoms with Gasteiger partial charge in [0.2, 0.25) is 0 Å². The van der Waals surface area contributed by atoms with Gasteiger partial charge in [0.25, 0.3) is 0 Å². The molecule has 2 N–H and O–H groups in total. The molecule has 1 rings (SSSR count). The Morgan fingerprint density at radius 2 is 2.27 bits per heavy atom. The molecule has 1 unspecified atom stereocenters. The molecule has 2 heteroatoms. The monoisotopic (exact) mass is 208 g/mol. The summed E-state index contributed by atoms with van der Waals surface area (Å²) in [4.78, 5) is 2.41. The molecule has 0 aromatic carbocycles. The Labute approximate surface area is 94.2 Å². The Morgan fingerprint density at radius 1 is 1.53 bits per heavy atom. The molecule has 1 fully saturated rings. The summed E-state index contributed by atoms with van der Waals surface area (Å²) in [5.41, 5.74) is 5.70. The van der Waals surface area contributed by atoms with E-state index in [-0.39, 0.29) is 0 Å². The van der Waals surface area contributed by atoms with Crippen LogP contribution in [0.15, 0.2) is 0 Å². The zero-order chi connectivity index (χ0) is 11.1. The maximum Gasteiger partial charge on any atom is 0.0599 e. The summed E-state index contributed by atoms with van der Waals surface area (Å²) in [6, 6.07) is 0. The molecule has 1 saturated carbocycles. The molecule has 1 aliphatic rings. The quantitative estimate of drug-likeness (QED) is 0.615. The topological polar surface area (TPSA) is 29.3 Å². The molecule has 0 aliphatic heterocycles. The lowest BCUT2D eigenvalue weighted by molar-refractivity contribution is 0.267. The SMILES string of the molecule is C#CCN(CCC(CC)CN)CC1CC1. The molecular weight excluding hydrogens is 184 g/mol. The van der Waals surface area contributed by atoms with Crippen LogP contribution in [0.2, 0.25) is 0 Å². The van der Waals surface area contributed by atoms with Gasteiger partial charge in [-0.3, -0.25) is 4.90 Å². The number of hydrogen-bond donors (Lipinski definition) is 1. The Hall–Kier alpha value is -0.520. The second-order valence-corrected chi connectivity index (χ2v) is 4.68. The summed E-state index contributed by atoms with van der Waals surface area (Å²) in [6.45, 7) is 6.15. The van der Waals surface area contributed by atoms with Gasteiger partial charge in [-0.25, -0.2) is 0 Å². The number of nitrogens with zero attached hydrogens (tertiary/aromatic N) is 1. The van der Waals surface area contributed by atoms with Crippen molar-refractivity contribution in [1.29, 1.82) is 0 Å². The van der Waals surface area contributed by atoms with Crippen LogP contribution in [0.5, 0.6) is 0 Å². The number of hydrogen-bond acceptors (Lipinski definition) is 2. The van der Waals surface area contributed by atoms with Crippen molar-refractivity contribution < 1.29 is 0 Å². The maximum absolute atomic E-state index is 5.70. The van der Waals surface area contributed by atoms with Gasteiger partial charge < -0.3 is 5.73 Å². The number of terminal acetylenes is 1. The molecular formula is C13H24N2. The van der Waals surface area contributed by atoms with Crippen molar-refractivity contribution in [2.24, 2.45) is 17.6 Å². The molecule has 0 aromatic rings. The van der Waals surface area contributed by atoms with E-state index >= 15 is 0 Å². The third-order valence-electron chi connectivity index (χ3n) is 3.29. The summed E-state index contributed by atoms with van der Waals surface area (Å²) < 4.78 is 0. The summed E-state index contributed by atoms with van der Waals surface area (Å²) in [6.07, 6.45) is 10.6. The van der Waals surface area contributed by atoms with Crippen molar-refractivity contribution >= 4 is 0 Å². The van der Waals surface area contributed by atoms with Crippen molar-refractivity contribution in [3.8, 4) is 12.3 Å². The summed E-state index contributed by atoms with van der Waals surface area (Å²) in [7, 11) is 0. The molecule has 0 heterocycles. The summed E-state index contributed by atoms with van der Waals surface area (Å²) in [5, 5.41) is 0. The van der Waals surface area contributed by atoms with Crippen molar-refractivity contribution in [3.05, 3.63) is 0 Å². The summed E-state index contributed by atoms with van der Waals surface area (Å²) in [5.74, 6) is 4.35. The van der Waals surface area contributed by atoms with Crippen LogP contribution in [0.25, 0.3) is 0 Å². The molecule has 0 spiro atoms. The molecule has 86 valence electrons. The molecule has 1 aliphatic carbocycles. The van der Waals surface area contributed by atoms with Crippen LogP contribution in [0.4, 0.5) is 0 Å². The lowest BCUT2D eigenvalue weighted by Crippen LogP contribution is -2.30. The highest BCUT2D eigenvalue weighted by Gasteiger charge is 2.23. The van der Waals surface area contributed by atoms with Crippen molar-refractivity contribution in [1.82, 2.24) is 4.90 Å². The predicted octanol–water partition coefficient (Wildman–Crippen LogP) is 1.71. The Bertz CT molecular complexity index is 199. The van der Waals surface area contributed by atoms with Gasteiger partial charge in [0, 0.05) is 6.54 Å². The van der Waals surface area contributed by atoms with E-state index in [9.17, 15) is 0 Å². The fraction of sp³-hybridized carbons (Fsp3) is 0.846. The van der Waals surface area contributed by atoms with Gasteiger partial charge in [0.05, 0.1) is 6.54 Å². The van der Waals surface area contributed by atoms with Gasteiger partial charge in [-0.15, -0.1) is 6.42 Å². The van der Waals surface area contributed by atoms with Gasteiger partial charge in [-0.2, -0.15) is 0 Å². The fourth-order valence-electron chi connectivity index (χ4n) is 1.88. The van der Waals surface area contributed by atoms with E-state index in [1.807, 2.05) is 0 Å². The first kappa shape index (κ1) is 12.5. The lowest BCUT2D eigenvalue weighted by Gasteiger charge is -2.22. The number of nitrogens with two attached hydrogens (primary N) is 1. The first-order chi connectivity index (χ1) is 7.30. The summed E-state index contributed by atoms with van der Waals surface area (Å²) >= 11 is 0. The molecule has 0 aromatic heterocycles. The minimum absolute atomic E-state index is 0.671. The standard InChI is InChI=1S/C13H24N2/c1-3-8-15(11-13-5-6-13)9-7-12(4-2)10-14/h1,12-13H,4-11,14H2,2H3. The van der Waals surface area contributed by atoms with E-state index in [2.05, 4.69) is 17.7 Å². The molecule has 1 atom stereocenters. The molecule has 2 nitrogen and oxygen atoms in total. The lowest BCUT2D eigenvalue weighted by atomic mass is 10.0. The third-order valence-corrected chi connectivity index (χ3v) is 3.29. The van der Waals surface area contributed by atoms with E-state index in [4.69, 9.17) is 12.2 Å². The van der Waals surface area contributed by atoms with Gasteiger partial charge in [-0.1, -0.05) is 19.3 Å². The highest BCUT2D eigenvalue weighted by Crippen LogP contribution is 2.29. The first-order valence-electron chi connectivity index (χ1n) is 6.16. The number of rotatable bonds is 8. The Balaban J connectivity index is 2.20. The Morgan fingerprint density at radius 3 is 2.73 bits per heavy atom. The van der Waals surface area contributed by atoms with E-state index in [0.29, 0.717) is 5.92 Å². The fourth-order valence-corrected chi connectivity index (χ4v) is 1.88. The van der Waals surface area contributed by atoms with E-state index < -0.39 is 0 Å². The van der Waals surface area contributed by atoms with E-state index in [0.717, 1.165) is 25.6 Å². The highest BCUT2D eigenvalue weighted by molar-refractivity contribution is 4.90. The smallest absolute Gasteiger partial charge is 0.0599 e. The van der Waals surface area contributed by atoms with Crippen LogP contribution in [0.1, 0.15) is 32.6 Å². The highest BCUT2D eigenvalue weighted by atomic mass is 15.1. The van der Waals surface area contributed by atoms with E-state index in [1.165, 1.54) is 32.2 Å². The largest absolute Gasteiger partial charge is 0.330 e. The average Bonchev–Trinajstić information content (AvgIpc) is 3.03.